The first-order chi connectivity index (χ1) is 13.7. The van der Waals surface area contributed by atoms with Crippen molar-refractivity contribution in [3.05, 3.63) is 54.6 Å². The summed E-state index contributed by atoms with van der Waals surface area (Å²) in [6, 6.07) is 16.6. The Morgan fingerprint density at radius 3 is 2.25 bits per heavy atom. The molecule has 5 rings (SSSR count). The molecule has 0 unspecified atom stereocenters. The predicted molar refractivity (Wildman–Crippen MR) is 106 cm³/mol. The number of para-hydroxylation sites is 2. The van der Waals surface area contributed by atoms with Crippen LogP contribution in [0, 0.1) is 0 Å². The molecule has 0 radical (unpaired) electrons. The molecule has 0 aliphatic rings. The van der Waals surface area contributed by atoms with Gasteiger partial charge in [0.1, 0.15) is 11.0 Å². The molecule has 0 aliphatic heterocycles. The van der Waals surface area contributed by atoms with Crippen molar-refractivity contribution in [1.82, 2.24) is 19.7 Å². The number of fused-ring (bicyclic) bond motifs is 3. The monoisotopic (exact) mass is 372 g/mol. The highest BCUT2D eigenvalue weighted by Gasteiger charge is 2.14. The molecule has 0 spiro atoms. The van der Waals surface area contributed by atoms with Crippen molar-refractivity contribution in [3.63, 3.8) is 0 Å². The fraction of sp³-hybridized carbons (Fsp3) is 0.0952. The molecule has 0 amide bonds. The van der Waals surface area contributed by atoms with E-state index in [1.54, 1.807) is 20.3 Å². The average Bonchev–Trinajstić information content (AvgIpc) is 3.15. The number of hydrogen-bond donors (Lipinski definition) is 1. The molecule has 0 fully saturated rings. The maximum atomic E-state index is 10.6. The van der Waals surface area contributed by atoms with E-state index in [2.05, 4.69) is 15.0 Å². The van der Waals surface area contributed by atoms with Crippen LogP contribution in [0.4, 0.5) is 0 Å². The van der Waals surface area contributed by atoms with Gasteiger partial charge < -0.3 is 14.7 Å². The van der Waals surface area contributed by atoms with E-state index < -0.39 is 0 Å². The zero-order chi connectivity index (χ0) is 19.3. The molecular weight excluding hydrogens is 356 g/mol. The summed E-state index contributed by atoms with van der Waals surface area (Å²) in [5.41, 5.74) is 4.76. The lowest BCUT2D eigenvalue weighted by Gasteiger charge is -2.07. The van der Waals surface area contributed by atoms with Gasteiger partial charge in [-0.25, -0.2) is 15.0 Å². The first kappa shape index (κ1) is 16.3. The maximum Gasteiger partial charge on any atom is 0.161 e. The minimum Gasteiger partial charge on any atom is -0.493 e. The second-order valence-corrected chi connectivity index (χ2v) is 6.36. The van der Waals surface area contributed by atoms with Gasteiger partial charge in [-0.3, -0.25) is 0 Å². The number of ether oxygens (including phenoxy) is 2. The van der Waals surface area contributed by atoms with E-state index in [0.717, 1.165) is 10.3 Å². The van der Waals surface area contributed by atoms with Gasteiger partial charge in [-0.15, -0.1) is 0 Å². The Labute approximate surface area is 159 Å². The van der Waals surface area contributed by atoms with E-state index >= 15 is 0 Å². The van der Waals surface area contributed by atoms with Crippen LogP contribution in [-0.4, -0.2) is 39.1 Å². The maximum absolute atomic E-state index is 10.6. The number of hydrogen-bond acceptors (Lipinski definition) is 6. The Hall–Kier alpha value is -3.87. The highest BCUT2D eigenvalue weighted by molar-refractivity contribution is 5.96. The third-order valence-corrected chi connectivity index (χ3v) is 4.75. The van der Waals surface area contributed by atoms with Crippen molar-refractivity contribution in [2.24, 2.45) is 0 Å². The van der Waals surface area contributed by atoms with E-state index in [0.29, 0.717) is 50.4 Å². The van der Waals surface area contributed by atoms with Crippen LogP contribution in [0.15, 0.2) is 54.6 Å². The first-order valence-corrected chi connectivity index (χ1v) is 8.68. The van der Waals surface area contributed by atoms with Crippen LogP contribution in [0.2, 0.25) is 0 Å². The molecular formula is C21H16N4O3. The summed E-state index contributed by atoms with van der Waals surface area (Å²) in [5, 5.41) is 10.6. The smallest absolute Gasteiger partial charge is 0.161 e. The van der Waals surface area contributed by atoms with Crippen LogP contribution in [0.3, 0.4) is 0 Å². The second kappa shape index (κ2) is 6.09. The first-order valence-electron chi connectivity index (χ1n) is 8.68. The van der Waals surface area contributed by atoms with Gasteiger partial charge in [0.15, 0.2) is 17.3 Å². The van der Waals surface area contributed by atoms with Crippen LogP contribution in [0.25, 0.3) is 44.5 Å². The highest BCUT2D eigenvalue weighted by Crippen LogP contribution is 2.32. The third-order valence-electron chi connectivity index (χ3n) is 4.75. The molecule has 7 nitrogen and oxygen atoms in total. The standard InChI is InChI=1S/C21H16N4O3/c1-27-19-8-7-12(9-20(19)28-2)21-23-14-10-16-18(11-15(14)24-21)25(26)17-6-4-3-5-13(17)22-16/h3-11,26H,1-2H3. The van der Waals surface area contributed by atoms with Gasteiger partial charge in [0.25, 0.3) is 0 Å². The van der Waals surface area contributed by atoms with E-state index in [1.165, 1.54) is 0 Å². The lowest BCUT2D eigenvalue weighted by molar-refractivity contribution is 0.211. The summed E-state index contributed by atoms with van der Waals surface area (Å²) in [6.07, 6.45) is 0. The van der Waals surface area contributed by atoms with Crippen molar-refractivity contribution in [1.29, 1.82) is 0 Å². The van der Waals surface area contributed by atoms with Crippen molar-refractivity contribution >= 4 is 33.1 Å². The summed E-state index contributed by atoms with van der Waals surface area (Å²) >= 11 is 0. The van der Waals surface area contributed by atoms with Gasteiger partial charge in [-0.2, -0.15) is 4.73 Å². The molecule has 2 aromatic heterocycles. The SMILES string of the molecule is COc1ccc(-c2nc3cc4nc5ccccc5n(O)c4cc3n2)cc1OC. The van der Waals surface area contributed by atoms with E-state index in [4.69, 9.17) is 9.47 Å². The zero-order valence-corrected chi connectivity index (χ0v) is 15.2. The molecule has 0 atom stereocenters. The Bertz CT molecular complexity index is 1360. The summed E-state index contributed by atoms with van der Waals surface area (Å²) < 4.78 is 11.8. The Morgan fingerprint density at radius 1 is 0.714 bits per heavy atom. The Balaban J connectivity index is 1.72. The lowest BCUT2D eigenvalue weighted by atomic mass is 10.2. The zero-order valence-electron chi connectivity index (χ0n) is 15.2. The molecule has 0 aliphatic carbocycles. The fourth-order valence-corrected chi connectivity index (χ4v) is 3.35. The molecule has 0 saturated heterocycles. The molecule has 7 heteroatoms. The van der Waals surface area contributed by atoms with Crippen LogP contribution in [-0.2, 0) is 0 Å². The van der Waals surface area contributed by atoms with Gasteiger partial charge in [-0.1, -0.05) is 12.1 Å². The Kier molecular flexibility index (Phi) is 3.55. The number of benzene rings is 3. The van der Waals surface area contributed by atoms with Gasteiger partial charge in [0.2, 0.25) is 0 Å². The van der Waals surface area contributed by atoms with Gasteiger partial charge in [0.05, 0.1) is 36.3 Å². The van der Waals surface area contributed by atoms with Crippen molar-refractivity contribution < 1.29 is 14.7 Å². The molecule has 0 bridgehead atoms. The summed E-state index contributed by atoms with van der Waals surface area (Å²) in [5.74, 6) is 1.82. The summed E-state index contributed by atoms with van der Waals surface area (Å²) in [6.45, 7) is 0. The van der Waals surface area contributed by atoms with E-state index in [9.17, 15) is 5.21 Å². The van der Waals surface area contributed by atoms with Crippen LogP contribution >= 0.6 is 0 Å². The fourth-order valence-electron chi connectivity index (χ4n) is 3.35. The van der Waals surface area contributed by atoms with Gasteiger partial charge >= 0.3 is 0 Å². The number of imidazole rings is 1. The number of methoxy groups -OCH3 is 2. The molecule has 1 N–H and O–H groups in total. The normalized spacial score (nSPS) is 11.4. The Morgan fingerprint density at radius 2 is 1.46 bits per heavy atom. The van der Waals surface area contributed by atoms with Crippen molar-refractivity contribution in [3.8, 4) is 22.9 Å². The average molecular weight is 372 g/mol. The quantitative estimate of drug-likeness (QED) is 0.380. The highest BCUT2D eigenvalue weighted by atomic mass is 16.5. The molecule has 138 valence electrons. The van der Waals surface area contributed by atoms with Gasteiger partial charge in [-0.05, 0) is 42.5 Å². The molecule has 2 heterocycles. The summed E-state index contributed by atoms with van der Waals surface area (Å²) in [7, 11) is 3.19. The largest absolute Gasteiger partial charge is 0.493 e. The molecule has 0 saturated carbocycles. The lowest BCUT2D eigenvalue weighted by Crippen LogP contribution is -1.99. The van der Waals surface area contributed by atoms with E-state index in [-0.39, 0.29) is 0 Å². The topological polar surface area (TPSA) is 82.3 Å². The van der Waals surface area contributed by atoms with Crippen LogP contribution < -0.4 is 9.47 Å². The molecule has 5 aromatic rings. The molecule has 3 aromatic carbocycles. The predicted octanol–water partition coefficient (Wildman–Crippen LogP) is 4.05. The number of rotatable bonds is 3. The van der Waals surface area contributed by atoms with Crippen molar-refractivity contribution in [2.75, 3.05) is 14.2 Å². The van der Waals surface area contributed by atoms with Crippen LogP contribution in [0.5, 0.6) is 11.5 Å². The minimum atomic E-state index is 0.570. The van der Waals surface area contributed by atoms with E-state index in [1.807, 2.05) is 48.5 Å². The summed E-state index contributed by atoms with van der Waals surface area (Å²) in [4.78, 5) is 13.9. The van der Waals surface area contributed by atoms with Crippen LogP contribution in [0.1, 0.15) is 0 Å². The second-order valence-electron chi connectivity index (χ2n) is 6.36. The number of aromatic nitrogens is 4. The molecule has 28 heavy (non-hydrogen) atoms. The third kappa shape index (κ3) is 2.40. The minimum absolute atomic E-state index is 0.570. The number of nitrogens with zero attached hydrogens (tertiary/aromatic N) is 4. The van der Waals surface area contributed by atoms with Crippen molar-refractivity contribution in [2.45, 2.75) is 0 Å². The van der Waals surface area contributed by atoms with Gasteiger partial charge in [0, 0.05) is 5.56 Å².